The number of amides is 1. The Morgan fingerprint density at radius 1 is 1.25 bits per heavy atom. The number of pyridine rings is 1. The van der Waals surface area contributed by atoms with Crippen molar-refractivity contribution in [2.24, 2.45) is 11.3 Å². The number of aromatic nitrogens is 1. The number of ether oxygens (including phenoxy) is 1. The van der Waals surface area contributed by atoms with E-state index in [9.17, 15) is 15.0 Å². The van der Waals surface area contributed by atoms with E-state index in [-0.39, 0.29) is 23.3 Å². The lowest BCUT2D eigenvalue weighted by molar-refractivity contribution is -0.164. The van der Waals surface area contributed by atoms with Crippen molar-refractivity contribution in [1.29, 1.82) is 0 Å². The van der Waals surface area contributed by atoms with E-state index in [4.69, 9.17) is 4.74 Å². The van der Waals surface area contributed by atoms with Crippen molar-refractivity contribution in [3.8, 4) is 0 Å². The number of hydrogen-bond donors (Lipinski definition) is 3. The van der Waals surface area contributed by atoms with Crippen LogP contribution >= 0.6 is 0 Å². The van der Waals surface area contributed by atoms with Gasteiger partial charge in [0.25, 0.3) is 5.91 Å². The zero-order valence-corrected chi connectivity index (χ0v) is 21.8. The monoisotopic (exact) mass is 491 g/mol. The molecule has 3 aliphatic carbocycles. The van der Waals surface area contributed by atoms with Crippen molar-refractivity contribution in [3.05, 3.63) is 58.5 Å². The maximum atomic E-state index is 13.6. The highest BCUT2D eigenvalue weighted by Gasteiger charge is 2.68. The zero-order valence-electron chi connectivity index (χ0n) is 21.8. The fourth-order valence-electron chi connectivity index (χ4n) is 8.16. The highest BCUT2D eigenvalue weighted by molar-refractivity contribution is 6.05. The standard InChI is InChI=1S/C29H37N3O4/c1-16-14-27(3)18(26(35)31-21-7-6-12-30-17(21)2)8-9-23(27)29-11-10-28(36-29)15-22(32(4)5)25(34)24(33)20(28)13-19(16)29/h6-8,12-13,22-25,33-34H,9-11,14-15H2,1-5H3,(H,31,35)/t22-,23?,24+,25+,27+,28+,29+/m0/s1. The molecule has 7 atom stereocenters. The molecule has 1 aromatic rings. The number of allylic oxidation sites excluding steroid dienone is 2. The van der Waals surface area contributed by atoms with E-state index >= 15 is 0 Å². The first-order valence-electron chi connectivity index (χ1n) is 13.1. The number of anilines is 1. The maximum absolute atomic E-state index is 13.6. The van der Waals surface area contributed by atoms with Crippen molar-refractivity contribution in [3.63, 3.8) is 0 Å². The van der Waals surface area contributed by atoms with Gasteiger partial charge >= 0.3 is 0 Å². The molecule has 2 spiro atoms. The lowest BCUT2D eigenvalue weighted by Crippen LogP contribution is -2.62. The summed E-state index contributed by atoms with van der Waals surface area (Å²) in [5, 5.41) is 25.2. The second kappa shape index (κ2) is 7.84. The van der Waals surface area contributed by atoms with E-state index in [0.29, 0.717) is 6.42 Å². The minimum Gasteiger partial charge on any atom is -0.388 e. The van der Waals surface area contributed by atoms with Gasteiger partial charge in [-0.15, -0.1) is 0 Å². The number of likely N-dealkylation sites (N-methyl/N-ethyl adjacent to an activating group) is 1. The van der Waals surface area contributed by atoms with Crippen LogP contribution in [0.15, 0.2) is 52.8 Å². The van der Waals surface area contributed by atoms with Gasteiger partial charge in [0, 0.05) is 29.1 Å². The van der Waals surface area contributed by atoms with Gasteiger partial charge < -0.3 is 25.2 Å². The molecule has 5 aliphatic rings. The molecule has 3 heterocycles. The lowest BCUT2D eigenvalue weighted by atomic mass is 9.57. The summed E-state index contributed by atoms with van der Waals surface area (Å²) in [5.74, 6) is 0.0748. The van der Waals surface area contributed by atoms with E-state index in [1.165, 1.54) is 5.57 Å². The Labute approximate surface area is 212 Å². The number of aryl methyl sites for hydroxylation is 1. The van der Waals surface area contributed by atoms with Crippen LogP contribution in [-0.2, 0) is 9.53 Å². The minimum atomic E-state index is -0.943. The summed E-state index contributed by atoms with van der Waals surface area (Å²) in [5.41, 5.74) is 4.14. The molecule has 0 aromatic carbocycles. The Bertz CT molecular complexity index is 1230. The first-order valence-corrected chi connectivity index (χ1v) is 13.1. The molecule has 7 nitrogen and oxygen atoms in total. The number of aliphatic hydroxyl groups is 2. The van der Waals surface area contributed by atoms with E-state index in [1.807, 2.05) is 38.1 Å². The Kier molecular flexibility index (Phi) is 5.24. The summed E-state index contributed by atoms with van der Waals surface area (Å²) in [6.45, 7) is 6.25. The predicted molar refractivity (Wildman–Crippen MR) is 137 cm³/mol. The molecule has 6 rings (SSSR count). The van der Waals surface area contributed by atoms with Crippen molar-refractivity contribution >= 4 is 11.6 Å². The topological polar surface area (TPSA) is 94.9 Å². The Hall–Kier alpha value is -2.32. The van der Waals surface area contributed by atoms with Crippen LogP contribution in [0.5, 0.6) is 0 Å². The molecule has 1 aromatic heterocycles. The number of fused-ring (bicyclic) bond motifs is 1. The number of rotatable bonds is 3. The fourth-order valence-corrected chi connectivity index (χ4v) is 8.16. The first-order chi connectivity index (χ1) is 17.0. The first kappa shape index (κ1) is 24.0. The molecule has 1 amide bonds. The maximum Gasteiger partial charge on any atom is 0.251 e. The summed E-state index contributed by atoms with van der Waals surface area (Å²) < 4.78 is 7.20. The summed E-state index contributed by atoms with van der Waals surface area (Å²) in [6, 6.07) is 3.54. The molecule has 1 saturated heterocycles. The van der Waals surface area contributed by atoms with Gasteiger partial charge in [0.15, 0.2) is 0 Å². The van der Waals surface area contributed by atoms with Crippen LogP contribution in [0.2, 0.25) is 0 Å². The molecule has 1 saturated carbocycles. The van der Waals surface area contributed by atoms with Crippen molar-refractivity contribution < 1.29 is 19.7 Å². The summed E-state index contributed by atoms with van der Waals surface area (Å²) in [6.07, 6.45) is 8.08. The Balaban J connectivity index is 1.38. The quantitative estimate of drug-likeness (QED) is 0.601. The number of hydrogen-bond acceptors (Lipinski definition) is 6. The second-order valence-electron chi connectivity index (χ2n) is 12.0. The minimum absolute atomic E-state index is 0.0626. The van der Waals surface area contributed by atoms with E-state index in [1.54, 1.807) is 6.20 Å². The molecule has 36 heavy (non-hydrogen) atoms. The third kappa shape index (κ3) is 3.06. The number of nitrogens with zero attached hydrogens (tertiary/aromatic N) is 2. The van der Waals surface area contributed by atoms with Gasteiger partial charge in [-0.2, -0.15) is 0 Å². The molecular weight excluding hydrogens is 454 g/mol. The van der Waals surface area contributed by atoms with E-state index in [0.717, 1.165) is 53.8 Å². The molecule has 3 N–H and O–H groups in total. The van der Waals surface area contributed by atoms with Crippen LogP contribution in [-0.4, -0.2) is 69.6 Å². The van der Waals surface area contributed by atoms with Crippen LogP contribution in [0, 0.1) is 18.3 Å². The lowest BCUT2D eigenvalue weighted by Gasteiger charge is -2.56. The van der Waals surface area contributed by atoms with Gasteiger partial charge in [-0.1, -0.05) is 24.6 Å². The molecule has 2 fully saturated rings. The summed E-state index contributed by atoms with van der Waals surface area (Å²) in [7, 11) is 3.89. The van der Waals surface area contributed by atoms with Gasteiger partial charge in [-0.25, -0.2) is 0 Å². The average Bonchev–Trinajstić information content (AvgIpc) is 3.33. The van der Waals surface area contributed by atoms with Gasteiger partial charge in [-0.05, 0) is 83.3 Å². The number of carbonyl (C=O) groups excluding carboxylic acids is 1. The van der Waals surface area contributed by atoms with Crippen LogP contribution < -0.4 is 5.32 Å². The highest BCUT2D eigenvalue weighted by atomic mass is 16.5. The Morgan fingerprint density at radius 2 is 2.03 bits per heavy atom. The van der Waals surface area contributed by atoms with Gasteiger partial charge in [0.05, 0.1) is 28.7 Å². The van der Waals surface area contributed by atoms with Crippen LogP contribution in [0.4, 0.5) is 5.69 Å². The van der Waals surface area contributed by atoms with E-state index < -0.39 is 23.4 Å². The third-order valence-electron chi connectivity index (χ3n) is 9.89. The normalized spacial score (nSPS) is 40.9. The SMILES string of the molecule is CC1=C2C=C3[C@@H](O)[C@H](O)[C@@H](N(C)C)C[C@]34CC[C@]2(O4)C2CC=C(C(=O)Nc3cccnc3C)[C@@]2(C)C1. The predicted octanol–water partition coefficient (Wildman–Crippen LogP) is 3.29. The summed E-state index contributed by atoms with van der Waals surface area (Å²) >= 11 is 0. The smallest absolute Gasteiger partial charge is 0.251 e. The molecule has 0 radical (unpaired) electrons. The molecule has 192 valence electrons. The van der Waals surface area contributed by atoms with Crippen molar-refractivity contribution in [2.75, 3.05) is 19.4 Å². The third-order valence-corrected chi connectivity index (χ3v) is 9.89. The van der Waals surface area contributed by atoms with Crippen molar-refractivity contribution in [2.45, 2.75) is 82.3 Å². The van der Waals surface area contributed by atoms with Crippen molar-refractivity contribution in [1.82, 2.24) is 9.88 Å². The largest absolute Gasteiger partial charge is 0.388 e. The number of nitrogens with one attached hydrogen (secondary N) is 1. The summed E-state index contributed by atoms with van der Waals surface area (Å²) in [4.78, 5) is 19.9. The van der Waals surface area contributed by atoms with Crippen LogP contribution in [0.25, 0.3) is 0 Å². The number of carbonyl (C=O) groups is 1. The molecule has 7 heteroatoms. The average molecular weight is 492 g/mol. The van der Waals surface area contributed by atoms with Crippen LogP contribution in [0.3, 0.4) is 0 Å². The fraction of sp³-hybridized carbons (Fsp3) is 0.586. The second-order valence-corrected chi connectivity index (χ2v) is 12.0. The molecule has 2 aliphatic heterocycles. The highest BCUT2D eigenvalue weighted by Crippen LogP contribution is 2.67. The molecule has 2 bridgehead atoms. The zero-order chi connectivity index (χ0) is 25.6. The van der Waals surface area contributed by atoms with Gasteiger partial charge in [-0.3, -0.25) is 9.78 Å². The van der Waals surface area contributed by atoms with Gasteiger partial charge in [0.1, 0.15) is 6.10 Å². The van der Waals surface area contributed by atoms with E-state index in [2.05, 4.69) is 36.3 Å². The van der Waals surface area contributed by atoms with Gasteiger partial charge in [0.2, 0.25) is 0 Å². The van der Waals surface area contributed by atoms with Crippen LogP contribution in [0.1, 0.15) is 51.6 Å². The number of aliphatic hydroxyl groups excluding tert-OH is 2. The molecule has 1 unspecified atom stereocenters. The molecular formula is C29H37N3O4. The Morgan fingerprint density at radius 3 is 2.75 bits per heavy atom.